The average molecular weight is 243 g/mol. The average Bonchev–Trinajstić information content (AvgIpc) is 2.63. The molecule has 88 valence electrons. The summed E-state index contributed by atoms with van der Waals surface area (Å²) < 4.78 is 13.2. The summed E-state index contributed by atoms with van der Waals surface area (Å²) in [4.78, 5) is 2.30. The van der Waals surface area contributed by atoms with Crippen molar-refractivity contribution in [3.8, 4) is 0 Å². The van der Waals surface area contributed by atoms with Crippen molar-refractivity contribution in [1.29, 1.82) is 0 Å². The molecule has 0 bridgehead atoms. The fraction of sp³-hybridized carbons (Fsp3) is 0.500. The number of hydrogen-bond acceptors (Lipinski definition) is 2. The van der Waals surface area contributed by atoms with E-state index >= 15 is 0 Å². The first-order chi connectivity index (χ1) is 7.69. The van der Waals surface area contributed by atoms with E-state index in [1.807, 2.05) is 6.07 Å². The predicted molar refractivity (Wildman–Crippen MR) is 63.9 cm³/mol. The van der Waals surface area contributed by atoms with Crippen LogP contribution in [0.1, 0.15) is 18.4 Å². The molecular weight excluding hydrogens is 227 g/mol. The number of rotatable bonds is 3. The molecule has 2 N–H and O–H groups in total. The summed E-state index contributed by atoms with van der Waals surface area (Å²) in [5.74, 6) is -0.272. The first-order valence-corrected chi connectivity index (χ1v) is 5.96. The Morgan fingerprint density at radius 1 is 1.44 bits per heavy atom. The summed E-state index contributed by atoms with van der Waals surface area (Å²) in [7, 11) is 0. The molecule has 0 spiro atoms. The van der Waals surface area contributed by atoms with Gasteiger partial charge in [0.15, 0.2) is 0 Å². The standard InChI is InChI=1S/C12H16ClFN2/c13-10-4-9(5-11(14)6-10)8-16-3-1-2-12(16)7-15/h4-6,12H,1-3,7-8,15H2. The minimum atomic E-state index is -0.272. The zero-order valence-corrected chi connectivity index (χ0v) is 9.88. The van der Waals surface area contributed by atoms with Crippen LogP contribution in [0.4, 0.5) is 4.39 Å². The van der Waals surface area contributed by atoms with Crippen molar-refractivity contribution in [2.24, 2.45) is 5.73 Å². The Labute approximate surface area is 100 Å². The van der Waals surface area contributed by atoms with Gasteiger partial charge < -0.3 is 5.73 Å². The number of nitrogens with zero attached hydrogens (tertiary/aromatic N) is 1. The minimum Gasteiger partial charge on any atom is -0.329 e. The summed E-state index contributed by atoms with van der Waals surface area (Å²) in [6, 6.07) is 5.12. The van der Waals surface area contributed by atoms with Gasteiger partial charge in [-0.25, -0.2) is 4.39 Å². The van der Waals surface area contributed by atoms with Crippen molar-refractivity contribution in [2.75, 3.05) is 13.1 Å². The third-order valence-electron chi connectivity index (χ3n) is 3.08. The van der Waals surface area contributed by atoms with E-state index in [0.717, 1.165) is 25.1 Å². The maximum Gasteiger partial charge on any atom is 0.125 e. The van der Waals surface area contributed by atoms with Crippen LogP contribution in [0.3, 0.4) is 0 Å². The molecule has 1 unspecified atom stereocenters. The molecule has 4 heteroatoms. The maximum atomic E-state index is 13.2. The molecule has 1 saturated heterocycles. The zero-order chi connectivity index (χ0) is 11.5. The van der Waals surface area contributed by atoms with E-state index in [1.54, 1.807) is 0 Å². The number of nitrogens with two attached hydrogens (primary N) is 1. The second-order valence-electron chi connectivity index (χ2n) is 4.28. The third-order valence-corrected chi connectivity index (χ3v) is 3.30. The van der Waals surface area contributed by atoms with E-state index in [2.05, 4.69) is 4.90 Å². The van der Waals surface area contributed by atoms with Gasteiger partial charge in [-0.1, -0.05) is 11.6 Å². The molecule has 2 nitrogen and oxygen atoms in total. The number of benzene rings is 1. The van der Waals surface area contributed by atoms with E-state index < -0.39 is 0 Å². The van der Waals surface area contributed by atoms with Gasteiger partial charge >= 0.3 is 0 Å². The predicted octanol–water partition coefficient (Wildman–Crippen LogP) is 2.40. The molecule has 0 radical (unpaired) electrons. The number of hydrogen-bond donors (Lipinski definition) is 1. The van der Waals surface area contributed by atoms with Gasteiger partial charge in [0.25, 0.3) is 0 Å². The monoisotopic (exact) mass is 242 g/mol. The first kappa shape index (κ1) is 11.8. The van der Waals surface area contributed by atoms with E-state index in [0.29, 0.717) is 17.6 Å². The Balaban J connectivity index is 2.08. The van der Waals surface area contributed by atoms with Crippen molar-refractivity contribution in [2.45, 2.75) is 25.4 Å². The van der Waals surface area contributed by atoms with Crippen LogP contribution in [0, 0.1) is 5.82 Å². The van der Waals surface area contributed by atoms with Crippen LogP contribution in [0.25, 0.3) is 0 Å². The van der Waals surface area contributed by atoms with E-state index in [4.69, 9.17) is 17.3 Å². The highest BCUT2D eigenvalue weighted by atomic mass is 35.5. The fourth-order valence-electron chi connectivity index (χ4n) is 2.31. The maximum absolute atomic E-state index is 13.2. The van der Waals surface area contributed by atoms with Crippen LogP contribution >= 0.6 is 11.6 Å². The lowest BCUT2D eigenvalue weighted by atomic mass is 10.2. The smallest absolute Gasteiger partial charge is 0.125 e. The molecule has 1 heterocycles. The molecule has 0 aliphatic carbocycles. The van der Waals surface area contributed by atoms with Crippen LogP contribution in [0.15, 0.2) is 18.2 Å². The molecule has 1 aliphatic heterocycles. The summed E-state index contributed by atoms with van der Waals surface area (Å²) in [5, 5.41) is 0.457. The number of halogens is 2. The van der Waals surface area contributed by atoms with Crippen LogP contribution in [-0.2, 0) is 6.54 Å². The Morgan fingerprint density at radius 3 is 2.94 bits per heavy atom. The molecule has 16 heavy (non-hydrogen) atoms. The van der Waals surface area contributed by atoms with Gasteiger partial charge in [-0.05, 0) is 43.1 Å². The van der Waals surface area contributed by atoms with Crippen molar-refractivity contribution >= 4 is 11.6 Å². The molecule has 1 aromatic carbocycles. The number of likely N-dealkylation sites (tertiary alicyclic amines) is 1. The molecule has 1 aromatic rings. The fourth-order valence-corrected chi connectivity index (χ4v) is 2.55. The summed E-state index contributed by atoms with van der Waals surface area (Å²) in [6.45, 7) is 2.44. The van der Waals surface area contributed by atoms with Gasteiger partial charge in [0.2, 0.25) is 0 Å². The van der Waals surface area contributed by atoms with Gasteiger partial charge in [-0.3, -0.25) is 4.90 Å². The van der Waals surface area contributed by atoms with Crippen molar-refractivity contribution in [3.63, 3.8) is 0 Å². The topological polar surface area (TPSA) is 29.3 Å². The van der Waals surface area contributed by atoms with Crippen LogP contribution in [0.5, 0.6) is 0 Å². The Morgan fingerprint density at radius 2 is 2.25 bits per heavy atom. The van der Waals surface area contributed by atoms with Crippen molar-refractivity contribution in [1.82, 2.24) is 4.90 Å². The molecule has 1 aliphatic rings. The molecule has 0 aromatic heterocycles. The summed E-state index contributed by atoms with van der Waals surface area (Å²) in [6.07, 6.45) is 2.31. The second-order valence-corrected chi connectivity index (χ2v) is 4.72. The van der Waals surface area contributed by atoms with Gasteiger partial charge in [0.1, 0.15) is 5.82 Å². The highest BCUT2D eigenvalue weighted by molar-refractivity contribution is 6.30. The third kappa shape index (κ3) is 2.73. The summed E-state index contributed by atoms with van der Waals surface area (Å²) >= 11 is 5.82. The van der Waals surface area contributed by atoms with Crippen molar-refractivity contribution in [3.05, 3.63) is 34.6 Å². The highest BCUT2D eigenvalue weighted by Crippen LogP contribution is 2.21. The van der Waals surface area contributed by atoms with E-state index in [-0.39, 0.29) is 5.82 Å². The molecule has 1 fully saturated rings. The Bertz CT molecular complexity index is 350. The molecular formula is C12H16ClFN2. The summed E-state index contributed by atoms with van der Waals surface area (Å²) in [5.41, 5.74) is 6.62. The van der Waals surface area contributed by atoms with Crippen LogP contribution in [-0.4, -0.2) is 24.0 Å². The van der Waals surface area contributed by atoms with Gasteiger partial charge in [-0.15, -0.1) is 0 Å². The first-order valence-electron chi connectivity index (χ1n) is 5.58. The largest absolute Gasteiger partial charge is 0.329 e. The van der Waals surface area contributed by atoms with Crippen LogP contribution in [0.2, 0.25) is 5.02 Å². The quantitative estimate of drug-likeness (QED) is 0.882. The highest BCUT2D eigenvalue weighted by Gasteiger charge is 2.23. The van der Waals surface area contributed by atoms with Gasteiger partial charge in [0, 0.05) is 24.2 Å². The van der Waals surface area contributed by atoms with Crippen molar-refractivity contribution < 1.29 is 4.39 Å². The minimum absolute atomic E-state index is 0.272. The Hall–Kier alpha value is -0.640. The van der Waals surface area contributed by atoms with Gasteiger partial charge in [0.05, 0.1) is 0 Å². The van der Waals surface area contributed by atoms with E-state index in [1.165, 1.54) is 18.6 Å². The Kier molecular flexibility index (Phi) is 3.79. The lowest BCUT2D eigenvalue weighted by Crippen LogP contribution is -2.34. The molecule has 1 atom stereocenters. The lowest BCUT2D eigenvalue weighted by Gasteiger charge is -2.23. The van der Waals surface area contributed by atoms with E-state index in [9.17, 15) is 4.39 Å². The molecule has 0 saturated carbocycles. The normalized spacial score (nSPS) is 21.6. The second kappa shape index (κ2) is 5.13. The van der Waals surface area contributed by atoms with Crippen LogP contribution < -0.4 is 5.73 Å². The SMILES string of the molecule is NCC1CCCN1Cc1cc(F)cc(Cl)c1. The molecule has 0 amide bonds. The molecule has 2 rings (SSSR count). The zero-order valence-electron chi connectivity index (χ0n) is 9.13. The lowest BCUT2D eigenvalue weighted by molar-refractivity contribution is 0.250. The van der Waals surface area contributed by atoms with Gasteiger partial charge in [-0.2, -0.15) is 0 Å².